The van der Waals surface area contributed by atoms with Gasteiger partial charge in [0, 0.05) is 29.4 Å². The van der Waals surface area contributed by atoms with Crippen LogP contribution in [0.15, 0.2) is 36.4 Å². The lowest BCUT2D eigenvalue weighted by Crippen LogP contribution is -2.22. The molecule has 3 rings (SSSR count). The zero-order chi connectivity index (χ0) is 22.4. The van der Waals surface area contributed by atoms with Gasteiger partial charge in [-0.3, -0.25) is 14.4 Å². The number of rotatable bonds is 9. The van der Waals surface area contributed by atoms with E-state index in [-0.39, 0.29) is 30.2 Å². The van der Waals surface area contributed by atoms with E-state index in [1.165, 1.54) is 0 Å². The van der Waals surface area contributed by atoms with Crippen molar-refractivity contribution in [2.75, 3.05) is 27.8 Å². The van der Waals surface area contributed by atoms with Crippen LogP contribution in [0.5, 0.6) is 0 Å². The summed E-state index contributed by atoms with van der Waals surface area (Å²) in [5, 5.41) is 12.0. The second kappa shape index (κ2) is 10.3. The Morgan fingerprint density at radius 3 is 2.42 bits per heavy atom. The topological polar surface area (TPSA) is 99.3 Å². The third kappa shape index (κ3) is 6.46. The number of amides is 3. The minimum Gasteiger partial charge on any atom is -0.376 e. The highest BCUT2D eigenvalue weighted by atomic mass is 35.5. The molecule has 0 aromatic heterocycles. The van der Waals surface area contributed by atoms with E-state index >= 15 is 0 Å². The smallest absolute Gasteiger partial charge is 0.243 e. The molecule has 0 radical (unpaired) electrons. The van der Waals surface area contributed by atoms with Gasteiger partial charge in [-0.25, -0.2) is 0 Å². The van der Waals surface area contributed by atoms with Crippen LogP contribution < -0.4 is 21.3 Å². The van der Waals surface area contributed by atoms with E-state index in [9.17, 15) is 14.4 Å². The summed E-state index contributed by atoms with van der Waals surface area (Å²) < 4.78 is 0. The second-order valence-corrected chi connectivity index (χ2v) is 8.04. The van der Waals surface area contributed by atoms with Crippen LogP contribution in [-0.4, -0.2) is 24.3 Å². The molecule has 0 unspecified atom stereocenters. The number of halogens is 1. The van der Waals surface area contributed by atoms with Crippen molar-refractivity contribution in [2.24, 2.45) is 5.92 Å². The highest BCUT2D eigenvalue weighted by Gasteiger charge is 2.29. The Kier molecular flexibility index (Phi) is 7.52. The summed E-state index contributed by atoms with van der Waals surface area (Å²) in [6, 6.07) is 10.5. The summed E-state index contributed by atoms with van der Waals surface area (Å²) in [5.41, 5.74) is 3.35. The van der Waals surface area contributed by atoms with Crippen LogP contribution in [0, 0.1) is 12.8 Å². The molecule has 1 fully saturated rings. The molecule has 0 heterocycles. The highest BCUT2D eigenvalue weighted by molar-refractivity contribution is 6.34. The van der Waals surface area contributed by atoms with Gasteiger partial charge in [-0.05, 0) is 62.1 Å². The van der Waals surface area contributed by atoms with Gasteiger partial charge in [0.05, 0.1) is 17.3 Å². The summed E-state index contributed by atoms with van der Waals surface area (Å²) in [6.45, 7) is 3.84. The van der Waals surface area contributed by atoms with Crippen LogP contribution in [0.3, 0.4) is 0 Å². The average Bonchev–Trinajstić information content (AvgIpc) is 3.57. The van der Waals surface area contributed by atoms with E-state index in [1.54, 1.807) is 18.2 Å². The van der Waals surface area contributed by atoms with Gasteiger partial charge in [0.15, 0.2) is 0 Å². The molecule has 7 nitrogen and oxygen atoms in total. The number of hydrogen-bond donors (Lipinski definition) is 4. The lowest BCUT2D eigenvalue weighted by Gasteiger charge is -2.15. The molecule has 1 aliphatic rings. The Bertz CT molecular complexity index is 989. The Labute approximate surface area is 186 Å². The van der Waals surface area contributed by atoms with E-state index in [2.05, 4.69) is 21.3 Å². The minimum absolute atomic E-state index is 0.0175. The van der Waals surface area contributed by atoms with Crippen LogP contribution in [0.4, 0.5) is 22.7 Å². The zero-order valence-corrected chi connectivity index (χ0v) is 18.4. The monoisotopic (exact) mass is 442 g/mol. The first kappa shape index (κ1) is 22.6. The Hall–Kier alpha value is -3.06. The summed E-state index contributed by atoms with van der Waals surface area (Å²) in [7, 11) is 0. The maximum absolute atomic E-state index is 12.5. The summed E-state index contributed by atoms with van der Waals surface area (Å²) in [6.07, 6.45) is 3.05. The Morgan fingerprint density at radius 2 is 1.71 bits per heavy atom. The number of carbonyl (C=O) groups excluding carboxylic acids is 3. The molecule has 3 amide bonds. The first-order chi connectivity index (χ1) is 14.9. The molecule has 0 saturated heterocycles. The van der Waals surface area contributed by atoms with Gasteiger partial charge in [-0.2, -0.15) is 0 Å². The van der Waals surface area contributed by atoms with Gasteiger partial charge in [0.1, 0.15) is 0 Å². The number of hydrogen-bond acceptors (Lipinski definition) is 4. The number of benzene rings is 2. The average molecular weight is 443 g/mol. The van der Waals surface area contributed by atoms with Crippen LogP contribution >= 0.6 is 11.6 Å². The van der Waals surface area contributed by atoms with Crippen molar-refractivity contribution in [1.29, 1.82) is 0 Å². The molecule has 1 aliphatic carbocycles. The molecule has 31 heavy (non-hydrogen) atoms. The molecule has 1 saturated carbocycles. The summed E-state index contributed by atoms with van der Waals surface area (Å²) >= 11 is 6.19. The van der Waals surface area contributed by atoms with E-state index in [4.69, 9.17) is 11.6 Å². The van der Waals surface area contributed by atoms with Gasteiger partial charge >= 0.3 is 0 Å². The molecule has 164 valence electrons. The van der Waals surface area contributed by atoms with E-state index < -0.39 is 0 Å². The fraction of sp³-hybridized carbons (Fsp3) is 0.348. The standard InChI is InChI=1S/C23H27ClN4O3/c1-3-5-21(29)26-16-10-11-17(24)20(12-16)27-22(30)13-25-18-6-4-7-19(14(18)2)28-23(31)15-8-9-15/h4,6-7,10-12,15,25H,3,5,8-9,13H2,1-2H3,(H,26,29)(H,27,30)(H,28,31). The third-order valence-corrected chi connectivity index (χ3v) is 5.31. The molecule has 0 spiro atoms. The van der Waals surface area contributed by atoms with Crippen LogP contribution in [-0.2, 0) is 14.4 Å². The Morgan fingerprint density at radius 1 is 0.968 bits per heavy atom. The largest absolute Gasteiger partial charge is 0.376 e. The van der Waals surface area contributed by atoms with E-state index in [0.717, 1.165) is 36.2 Å². The molecule has 0 bridgehead atoms. The second-order valence-electron chi connectivity index (χ2n) is 7.64. The first-order valence-electron chi connectivity index (χ1n) is 10.4. The predicted molar refractivity (Wildman–Crippen MR) is 125 cm³/mol. The lowest BCUT2D eigenvalue weighted by atomic mass is 10.1. The predicted octanol–water partition coefficient (Wildman–Crippen LogP) is 4.79. The van der Waals surface area contributed by atoms with E-state index in [1.807, 2.05) is 32.0 Å². The quantitative estimate of drug-likeness (QED) is 0.448. The molecule has 0 atom stereocenters. The van der Waals surface area contributed by atoms with Crippen molar-refractivity contribution in [3.05, 3.63) is 47.0 Å². The highest BCUT2D eigenvalue weighted by Crippen LogP contribution is 2.32. The van der Waals surface area contributed by atoms with Crippen molar-refractivity contribution >= 4 is 52.1 Å². The maximum atomic E-state index is 12.5. The number of nitrogens with one attached hydrogen (secondary N) is 4. The van der Waals surface area contributed by atoms with Crippen molar-refractivity contribution in [3.63, 3.8) is 0 Å². The van der Waals surface area contributed by atoms with Crippen LogP contribution in [0.25, 0.3) is 0 Å². The number of carbonyl (C=O) groups is 3. The molecular weight excluding hydrogens is 416 g/mol. The summed E-state index contributed by atoms with van der Waals surface area (Å²) in [4.78, 5) is 36.3. The molecular formula is C23H27ClN4O3. The molecule has 2 aromatic carbocycles. The van der Waals surface area contributed by atoms with Gasteiger partial charge < -0.3 is 21.3 Å². The number of anilines is 4. The van der Waals surface area contributed by atoms with Gasteiger partial charge in [0.25, 0.3) is 0 Å². The Balaban J connectivity index is 1.59. The first-order valence-corrected chi connectivity index (χ1v) is 10.8. The van der Waals surface area contributed by atoms with Crippen molar-refractivity contribution in [1.82, 2.24) is 0 Å². The lowest BCUT2D eigenvalue weighted by molar-refractivity contribution is -0.117. The normalized spacial score (nSPS) is 12.7. The van der Waals surface area contributed by atoms with Crippen molar-refractivity contribution < 1.29 is 14.4 Å². The van der Waals surface area contributed by atoms with Gasteiger partial charge in [0.2, 0.25) is 17.7 Å². The minimum atomic E-state index is -0.286. The zero-order valence-electron chi connectivity index (χ0n) is 17.7. The van der Waals surface area contributed by atoms with Crippen LogP contribution in [0.1, 0.15) is 38.2 Å². The third-order valence-electron chi connectivity index (χ3n) is 4.98. The van der Waals surface area contributed by atoms with Gasteiger partial charge in [-0.1, -0.05) is 24.6 Å². The molecule has 2 aromatic rings. The van der Waals surface area contributed by atoms with Crippen LogP contribution in [0.2, 0.25) is 5.02 Å². The fourth-order valence-electron chi connectivity index (χ4n) is 3.06. The molecule has 0 aliphatic heterocycles. The van der Waals surface area contributed by atoms with Gasteiger partial charge in [-0.15, -0.1) is 0 Å². The van der Waals surface area contributed by atoms with Crippen molar-refractivity contribution in [2.45, 2.75) is 39.5 Å². The van der Waals surface area contributed by atoms with E-state index in [0.29, 0.717) is 22.8 Å². The summed E-state index contributed by atoms with van der Waals surface area (Å²) in [5.74, 6) is -0.216. The van der Waals surface area contributed by atoms with Crippen molar-refractivity contribution in [3.8, 4) is 0 Å². The SMILES string of the molecule is CCCC(=O)Nc1ccc(Cl)c(NC(=O)CNc2cccc(NC(=O)C3CC3)c2C)c1. The molecule has 4 N–H and O–H groups in total. The fourth-order valence-corrected chi connectivity index (χ4v) is 3.23. The molecule has 8 heteroatoms. The maximum Gasteiger partial charge on any atom is 0.243 e.